The third-order valence-electron chi connectivity index (χ3n) is 12.2. The molecule has 4 N–H and O–H groups in total. The molecule has 0 saturated heterocycles. The highest BCUT2D eigenvalue weighted by atomic mass is 32.2. The number of rotatable bonds is 8. The van der Waals surface area contributed by atoms with E-state index < -0.39 is 20.7 Å². The number of hydrogen-bond donors (Lipinski definition) is 4. The molecule has 0 aromatic carbocycles. The van der Waals surface area contributed by atoms with Crippen molar-refractivity contribution < 1.29 is 28.5 Å². The smallest absolute Gasteiger partial charge is 0.325 e. The fraction of sp³-hybridized carbons (Fsp3) is 0.966. The maximum Gasteiger partial charge on any atom is 0.325 e. The van der Waals surface area contributed by atoms with Crippen molar-refractivity contribution in [3.63, 3.8) is 0 Å². The van der Waals surface area contributed by atoms with Crippen LogP contribution < -0.4 is 4.72 Å². The van der Waals surface area contributed by atoms with Crippen LogP contribution in [0.25, 0.3) is 0 Å². The fourth-order valence-electron chi connectivity index (χ4n) is 9.85. The van der Waals surface area contributed by atoms with Crippen LogP contribution >= 0.6 is 0 Å². The van der Waals surface area contributed by atoms with Crippen molar-refractivity contribution in [3.05, 3.63) is 0 Å². The first-order chi connectivity index (χ1) is 17.1. The van der Waals surface area contributed by atoms with E-state index in [0.29, 0.717) is 41.9 Å². The molecule has 0 spiro atoms. The maximum atomic E-state index is 12.6. The number of carbonyl (C=O) groups is 1. The van der Waals surface area contributed by atoms with Crippen molar-refractivity contribution in [3.8, 4) is 0 Å². The average Bonchev–Trinajstić information content (AvgIpc) is 3.17. The van der Waals surface area contributed by atoms with Gasteiger partial charge in [-0.3, -0.25) is 4.79 Å². The van der Waals surface area contributed by atoms with Crippen LogP contribution in [0.3, 0.4) is 0 Å². The van der Waals surface area contributed by atoms with Crippen LogP contribution in [0.2, 0.25) is 0 Å². The molecule has 7 nitrogen and oxygen atoms in total. The van der Waals surface area contributed by atoms with Gasteiger partial charge in [0, 0.05) is 6.54 Å². The normalized spacial score (nSPS) is 45.0. The quantitative estimate of drug-likeness (QED) is 0.361. The summed E-state index contributed by atoms with van der Waals surface area (Å²) in [6.45, 7) is 12.0. The summed E-state index contributed by atoms with van der Waals surface area (Å²) in [7, 11) is -3.97. The molecule has 0 aliphatic heterocycles. The second kappa shape index (κ2) is 10.0. The van der Waals surface area contributed by atoms with E-state index >= 15 is 0 Å². The SMILES string of the molecule is CC[C@H]1[C@@H](O)C2[C@@H]3CC[C@H]([C@H](C)CCNS(=O)(=O)C(C)(C)C(=O)O)C3(C)CC[C@@H]2C2(C)CC[C@@H](O)C[C@@H]12. The Balaban J connectivity index is 1.49. The highest BCUT2D eigenvalue weighted by Gasteiger charge is 2.64. The van der Waals surface area contributed by atoms with E-state index in [4.69, 9.17) is 0 Å². The minimum atomic E-state index is -3.97. The van der Waals surface area contributed by atoms with Crippen molar-refractivity contribution in [2.75, 3.05) is 6.54 Å². The summed E-state index contributed by atoms with van der Waals surface area (Å²) in [5.74, 6) is 1.31. The zero-order valence-electron chi connectivity index (χ0n) is 23.7. The monoisotopic (exact) mass is 541 g/mol. The predicted octanol–water partition coefficient (Wildman–Crippen LogP) is 4.42. The molecule has 4 saturated carbocycles. The van der Waals surface area contributed by atoms with E-state index in [-0.39, 0.29) is 35.5 Å². The van der Waals surface area contributed by atoms with E-state index in [1.807, 2.05) is 0 Å². The first-order valence-electron chi connectivity index (χ1n) is 14.7. The lowest BCUT2D eigenvalue weighted by molar-refractivity contribution is -0.203. The van der Waals surface area contributed by atoms with Crippen molar-refractivity contribution >= 4 is 16.0 Å². The number of aliphatic hydroxyl groups excluding tert-OH is 2. The zero-order valence-corrected chi connectivity index (χ0v) is 24.6. The largest absolute Gasteiger partial charge is 0.480 e. The first-order valence-corrected chi connectivity index (χ1v) is 16.2. The van der Waals surface area contributed by atoms with E-state index in [2.05, 4.69) is 32.4 Å². The molecule has 0 amide bonds. The Kier molecular flexibility index (Phi) is 7.95. The van der Waals surface area contributed by atoms with Gasteiger partial charge in [0.2, 0.25) is 10.0 Å². The van der Waals surface area contributed by atoms with Gasteiger partial charge >= 0.3 is 5.97 Å². The molecule has 0 heterocycles. The number of nitrogens with one attached hydrogen (secondary N) is 1. The van der Waals surface area contributed by atoms with E-state index in [9.17, 15) is 28.5 Å². The topological polar surface area (TPSA) is 124 Å². The number of aliphatic carboxylic acids is 1. The van der Waals surface area contributed by atoms with Gasteiger partial charge in [-0.05, 0) is 117 Å². The third kappa shape index (κ3) is 4.59. The van der Waals surface area contributed by atoms with Gasteiger partial charge in [-0.25, -0.2) is 13.1 Å². The molecule has 0 bridgehead atoms. The maximum absolute atomic E-state index is 12.6. The molecule has 0 aromatic heterocycles. The van der Waals surface area contributed by atoms with E-state index in [1.165, 1.54) is 13.8 Å². The average molecular weight is 542 g/mol. The molecule has 37 heavy (non-hydrogen) atoms. The summed E-state index contributed by atoms with van der Waals surface area (Å²) >= 11 is 0. The Bertz CT molecular complexity index is 967. The number of hydrogen-bond acceptors (Lipinski definition) is 5. The van der Waals surface area contributed by atoms with Gasteiger partial charge in [-0.1, -0.05) is 34.1 Å². The van der Waals surface area contributed by atoms with Crippen molar-refractivity contribution in [1.82, 2.24) is 4.72 Å². The van der Waals surface area contributed by atoms with Gasteiger partial charge in [-0.2, -0.15) is 0 Å². The summed E-state index contributed by atoms with van der Waals surface area (Å²) in [6.07, 6.45) is 8.30. The molecule has 0 aromatic rings. The van der Waals surface area contributed by atoms with Gasteiger partial charge in [0.1, 0.15) is 0 Å². The molecule has 0 radical (unpaired) electrons. The molecular formula is C29H51NO6S. The number of sulfonamides is 1. The lowest BCUT2D eigenvalue weighted by Gasteiger charge is -2.64. The van der Waals surface area contributed by atoms with Crippen molar-refractivity contribution in [1.29, 1.82) is 0 Å². The Labute approximate surface area is 224 Å². The molecule has 4 fully saturated rings. The second-order valence-electron chi connectivity index (χ2n) is 14.1. The minimum Gasteiger partial charge on any atom is -0.480 e. The van der Waals surface area contributed by atoms with Crippen LogP contribution in [0.15, 0.2) is 0 Å². The van der Waals surface area contributed by atoms with Gasteiger partial charge in [0.05, 0.1) is 12.2 Å². The van der Waals surface area contributed by atoms with Crippen LogP contribution in [0.1, 0.15) is 99.3 Å². The van der Waals surface area contributed by atoms with Crippen LogP contribution in [0.5, 0.6) is 0 Å². The summed E-state index contributed by atoms with van der Waals surface area (Å²) < 4.78 is 25.8. The summed E-state index contributed by atoms with van der Waals surface area (Å²) in [5, 5.41) is 31.6. The molecule has 4 aliphatic rings. The third-order valence-corrected chi connectivity index (χ3v) is 14.3. The Morgan fingerprint density at radius 1 is 1.03 bits per heavy atom. The fourth-order valence-corrected chi connectivity index (χ4v) is 10.8. The first kappa shape index (κ1) is 29.3. The lowest BCUT2D eigenvalue weighted by Crippen LogP contribution is -2.62. The zero-order chi connectivity index (χ0) is 27.6. The van der Waals surface area contributed by atoms with Gasteiger partial charge in [0.25, 0.3) is 0 Å². The van der Waals surface area contributed by atoms with Gasteiger partial charge in [-0.15, -0.1) is 0 Å². The Hall–Kier alpha value is -0.700. The van der Waals surface area contributed by atoms with Crippen LogP contribution in [-0.2, 0) is 14.8 Å². The van der Waals surface area contributed by atoms with E-state index in [1.54, 1.807) is 0 Å². The highest BCUT2D eigenvalue weighted by Crippen LogP contribution is 2.69. The minimum absolute atomic E-state index is 0.121. The van der Waals surface area contributed by atoms with Crippen molar-refractivity contribution in [2.45, 2.75) is 116 Å². The standard InChI is InChI=1S/C29H51NO6S/c1-7-19-23-16-18(31)10-13-29(23,6)22-11-14-28(5)20(8-9-21(28)24(22)25(19)32)17(2)12-15-30-37(35,36)27(3,4)26(33)34/h17-25,30-32H,7-16H2,1-6H3,(H,33,34)/t17-,18-,19-,20-,21+,22+,23+,24?,25-,28?,29?/m1/s1. The Morgan fingerprint density at radius 2 is 1.65 bits per heavy atom. The molecule has 214 valence electrons. The molecule has 4 aliphatic carbocycles. The molecule has 3 unspecified atom stereocenters. The van der Waals surface area contributed by atoms with Gasteiger partial charge < -0.3 is 15.3 Å². The summed E-state index contributed by atoms with van der Waals surface area (Å²) in [5.41, 5.74) is 0.306. The van der Waals surface area contributed by atoms with Gasteiger partial charge in [0.15, 0.2) is 4.75 Å². The van der Waals surface area contributed by atoms with Crippen LogP contribution in [0.4, 0.5) is 0 Å². The highest BCUT2D eigenvalue weighted by molar-refractivity contribution is 7.91. The second-order valence-corrected chi connectivity index (χ2v) is 16.4. The van der Waals surface area contributed by atoms with Crippen LogP contribution in [0, 0.1) is 52.3 Å². The van der Waals surface area contributed by atoms with E-state index in [0.717, 1.165) is 51.4 Å². The number of fused-ring (bicyclic) bond motifs is 5. The lowest BCUT2D eigenvalue weighted by atomic mass is 9.41. The Morgan fingerprint density at radius 3 is 2.27 bits per heavy atom. The number of carboxylic acid groups (broad SMARTS) is 1. The molecule has 4 rings (SSSR count). The van der Waals surface area contributed by atoms with Crippen molar-refractivity contribution in [2.24, 2.45) is 52.3 Å². The number of carboxylic acids is 1. The molecular weight excluding hydrogens is 490 g/mol. The van der Waals surface area contributed by atoms with Crippen LogP contribution in [-0.4, -0.2) is 53.2 Å². The predicted molar refractivity (Wildman–Crippen MR) is 144 cm³/mol. The summed E-state index contributed by atoms with van der Waals surface area (Å²) in [4.78, 5) is 11.4. The molecule has 8 heteroatoms. The molecule has 11 atom stereocenters. The summed E-state index contributed by atoms with van der Waals surface area (Å²) in [6, 6.07) is 0. The number of aliphatic hydroxyl groups is 2.